The Morgan fingerprint density at radius 3 is 2.34 bits per heavy atom. The molecule has 0 spiro atoms. The van der Waals surface area contributed by atoms with Crippen LogP contribution in [0.5, 0.6) is 0 Å². The number of aryl methyl sites for hydroxylation is 1. The van der Waals surface area contributed by atoms with Crippen LogP contribution in [0, 0.1) is 12.7 Å². The Kier molecular flexibility index (Phi) is 5.98. The minimum absolute atomic E-state index is 0.129. The van der Waals surface area contributed by atoms with Gasteiger partial charge in [-0.15, -0.1) is 0 Å². The van der Waals surface area contributed by atoms with E-state index in [1.54, 1.807) is 13.8 Å². The van der Waals surface area contributed by atoms with Gasteiger partial charge >= 0.3 is 5.97 Å². The highest BCUT2D eigenvalue weighted by molar-refractivity contribution is 7.92. The van der Waals surface area contributed by atoms with Gasteiger partial charge in [-0.25, -0.2) is 17.6 Å². The number of hydrogen-bond donors (Lipinski definition) is 1. The number of ether oxygens (including phenoxy) is 1. The quantitative estimate of drug-likeness (QED) is 0.586. The molecule has 5 nitrogen and oxygen atoms in total. The van der Waals surface area contributed by atoms with E-state index in [-0.39, 0.29) is 16.1 Å². The molecule has 0 aliphatic rings. The zero-order valence-electron chi connectivity index (χ0n) is 15.9. The van der Waals surface area contributed by atoms with E-state index in [0.29, 0.717) is 5.56 Å². The molecular weight excluding hydrogens is 393 g/mol. The molecule has 7 heteroatoms. The van der Waals surface area contributed by atoms with E-state index in [4.69, 9.17) is 4.74 Å². The van der Waals surface area contributed by atoms with Crippen molar-refractivity contribution in [3.8, 4) is 0 Å². The van der Waals surface area contributed by atoms with Gasteiger partial charge in [0.15, 0.2) is 0 Å². The number of rotatable bonds is 6. The molecule has 3 aromatic rings. The zero-order chi connectivity index (χ0) is 21.0. The lowest BCUT2D eigenvalue weighted by molar-refractivity contribution is 0.0336. The van der Waals surface area contributed by atoms with Crippen LogP contribution in [0.3, 0.4) is 0 Å². The minimum Gasteiger partial charge on any atom is -0.454 e. The molecule has 0 aromatic heterocycles. The fourth-order valence-corrected chi connectivity index (χ4v) is 3.85. The molecule has 29 heavy (non-hydrogen) atoms. The molecule has 3 aromatic carbocycles. The van der Waals surface area contributed by atoms with Crippen LogP contribution < -0.4 is 4.72 Å². The number of sulfonamides is 1. The second-order valence-electron chi connectivity index (χ2n) is 6.52. The van der Waals surface area contributed by atoms with Gasteiger partial charge in [-0.2, -0.15) is 0 Å². The number of hydrogen-bond acceptors (Lipinski definition) is 4. The molecule has 0 bridgehead atoms. The summed E-state index contributed by atoms with van der Waals surface area (Å²) in [6.45, 7) is 3.42. The molecule has 0 saturated heterocycles. The highest BCUT2D eigenvalue weighted by atomic mass is 32.2. The molecule has 0 aliphatic heterocycles. The van der Waals surface area contributed by atoms with E-state index in [2.05, 4.69) is 4.72 Å². The van der Waals surface area contributed by atoms with Crippen LogP contribution in [0.2, 0.25) is 0 Å². The summed E-state index contributed by atoms with van der Waals surface area (Å²) >= 11 is 0. The number of carbonyl (C=O) groups is 1. The van der Waals surface area contributed by atoms with Crippen molar-refractivity contribution in [1.82, 2.24) is 0 Å². The maximum Gasteiger partial charge on any atom is 0.339 e. The van der Waals surface area contributed by atoms with Crippen LogP contribution in [0.15, 0.2) is 77.7 Å². The largest absolute Gasteiger partial charge is 0.454 e. The van der Waals surface area contributed by atoms with Gasteiger partial charge < -0.3 is 4.74 Å². The molecule has 0 heterocycles. The van der Waals surface area contributed by atoms with Crippen molar-refractivity contribution >= 4 is 21.7 Å². The van der Waals surface area contributed by atoms with Gasteiger partial charge in [0.1, 0.15) is 11.9 Å². The van der Waals surface area contributed by atoms with Gasteiger partial charge in [0.2, 0.25) is 0 Å². The second-order valence-corrected chi connectivity index (χ2v) is 8.20. The Labute approximate surface area is 169 Å². The fourth-order valence-electron chi connectivity index (χ4n) is 2.75. The van der Waals surface area contributed by atoms with E-state index < -0.39 is 27.9 Å². The summed E-state index contributed by atoms with van der Waals surface area (Å²) < 4.78 is 46.8. The Morgan fingerprint density at radius 2 is 1.66 bits per heavy atom. The smallest absolute Gasteiger partial charge is 0.339 e. The number of nitrogens with one attached hydrogen (secondary N) is 1. The van der Waals surface area contributed by atoms with E-state index in [0.717, 1.165) is 11.6 Å². The Morgan fingerprint density at radius 1 is 1.00 bits per heavy atom. The molecule has 0 fully saturated rings. The monoisotopic (exact) mass is 413 g/mol. The first-order chi connectivity index (χ1) is 13.8. The van der Waals surface area contributed by atoms with Crippen molar-refractivity contribution in [2.75, 3.05) is 4.72 Å². The minimum atomic E-state index is -4.09. The number of carbonyl (C=O) groups excluding carboxylic acids is 1. The third kappa shape index (κ3) is 4.81. The van der Waals surface area contributed by atoms with Crippen molar-refractivity contribution in [2.24, 2.45) is 0 Å². The maximum absolute atomic E-state index is 13.8. The van der Waals surface area contributed by atoms with Crippen molar-refractivity contribution in [3.63, 3.8) is 0 Å². The average molecular weight is 413 g/mol. The van der Waals surface area contributed by atoms with E-state index in [9.17, 15) is 17.6 Å². The molecule has 0 amide bonds. The number of esters is 1. The average Bonchev–Trinajstić information content (AvgIpc) is 2.70. The summed E-state index contributed by atoms with van der Waals surface area (Å²) in [4.78, 5) is 12.5. The van der Waals surface area contributed by atoms with Crippen molar-refractivity contribution in [2.45, 2.75) is 24.8 Å². The van der Waals surface area contributed by atoms with Crippen LogP contribution in [0.4, 0.5) is 10.1 Å². The summed E-state index contributed by atoms with van der Waals surface area (Å²) in [5.74, 6) is -1.33. The molecule has 150 valence electrons. The lowest BCUT2D eigenvalue weighted by Gasteiger charge is -2.15. The van der Waals surface area contributed by atoms with Crippen LogP contribution in [0.1, 0.15) is 34.5 Å². The summed E-state index contributed by atoms with van der Waals surface area (Å²) in [5, 5.41) is 0. The predicted molar refractivity (Wildman–Crippen MR) is 109 cm³/mol. The van der Waals surface area contributed by atoms with Crippen molar-refractivity contribution in [1.29, 1.82) is 0 Å². The first-order valence-electron chi connectivity index (χ1n) is 8.92. The van der Waals surface area contributed by atoms with Gasteiger partial charge in [-0.1, -0.05) is 48.5 Å². The third-order valence-corrected chi connectivity index (χ3v) is 5.77. The Hall–Kier alpha value is -3.19. The fraction of sp³-hybridized carbons (Fsp3) is 0.136. The maximum atomic E-state index is 13.8. The summed E-state index contributed by atoms with van der Waals surface area (Å²) in [6.07, 6.45) is -0.500. The van der Waals surface area contributed by atoms with Crippen LogP contribution in [-0.2, 0) is 14.8 Å². The first-order valence-corrected chi connectivity index (χ1v) is 10.4. The summed E-state index contributed by atoms with van der Waals surface area (Å²) in [7, 11) is -4.09. The van der Waals surface area contributed by atoms with Crippen LogP contribution >= 0.6 is 0 Å². The van der Waals surface area contributed by atoms with Crippen molar-refractivity contribution < 1.29 is 22.3 Å². The number of para-hydroxylation sites is 1. The van der Waals surface area contributed by atoms with Gasteiger partial charge in [-0.3, -0.25) is 4.72 Å². The topological polar surface area (TPSA) is 72.5 Å². The molecule has 1 atom stereocenters. The molecule has 0 saturated carbocycles. The van der Waals surface area contributed by atoms with Crippen LogP contribution in [-0.4, -0.2) is 14.4 Å². The molecule has 0 unspecified atom stereocenters. The SMILES string of the molecule is Cc1ccc(S(=O)(=O)Nc2ccccc2F)cc1C(=O)O[C@H](C)c1ccccc1. The third-order valence-electron chi connectivity index (χ3n) is 4.41. The van der Waals surface area contributed by atoms with E-state index >= 15 is 0 Å². The normalized spacial score (nSPS) is 12.2. The van der Waals surface area contributed by atoms with Gasteiger partial charge in [-0.05, 0) is 49.2 Å². The summed E-state index contributed by atoms with van der Waals surface area (Å²) in [6, 6.07) is 18.8. The Bertz CT molecular complexity index is 1130. The first kappa shape index (κ1) is 20.5. The molecular formula is C22H20FNO4S. The zero-order valence-corrected chi connectivity index (χ0v) is 16.7. The van der Waals surface area contributed by atoms with Gasteiger partial charge in [0.25, 0.3) is 10.0 Å². The van der Waals surface area contributed by atoms with Crippen LogP contribution in [0.25, 0.3) is 0 Å². The second kappa shape index (κ2) is 8.45. The Balaban J connectivity index is 1.85. The predicted octanol–water partition coefficient (Wildman–Crippen LogP) is 4.85. The molecule has 3 rings (SSSR count). The molecule has 1 N–H and O–H groups in total. The van der Waals surface area contributed by atoms with Gasteiger partial charge in [0.05, 0.1) is 16.1 Å². The number of benzene rings is 3. The van der Waals surface area contributed by atoms with Gasteiger partial charge in [0, 0.05) is 0 Å². The number of anilines is 1. The van der Waals surface area contributed by atoms with E-state index in [1.807, 2.05) is 30.3 Å². The lowest BCUT2D eigenvalue weighted by Crippen LogP contribution is -2.16. The highest BCUT2D eigenvalue weighted by Crippen LogP contribution is 2.24. The number of halogens is 1. The lowest BCUT2D eigenvalue weighted by atomic mass is 10.1. The molecule has 0 radical (unpaired) electrons. The van der Waals surface area contributed by atoms with E-state index in [1.165, 1.54) is 36.4 Å². The molecule has 0 aliphatic carbocycles. The van der Waals surface area contributed by atoms with Crippen molar-refractivity contribution in [3.05, 3.63) is 95.3 Å². The summed E-state index contributed by atoms with van der Waals surface area (Å²) in [5.41, 5.74) is 1.35. The standard InChI is InChI=1S/C22H20FNO4S/c1-15-12-13-18(29(26,27)24-21-11-7-6-10-20(21)23)14-19(15)22(25)28-16(2)17-8-4-3-5-9-17/h3-14,16,24H,1-2H3/t16-/m1/s1. The highest BCUT2D eigenvalue weighted by Gasteiger charge is 2.21.